The van der Waals surface area contributed by atoms with Crippen LogP contribution in [-0.4, -0.2) is 13.1 Å². The van der Waals surface area contributed by atoms with Crippen LogP contribution in [0.3, 0.4) is 0 Å². The van der Waals surface area contributed by atoms with Crippen molar-refractivity contribution in [2.45, 2.75) is 12.8 Å². The Morgan fingerprint density at radius 2 is 2.38 bits per heavy atom. The van der Waals surface area contributed by atoms with E-state index >= 15 is 0 Å². The van der Waals surface area contributed by atoms with E-state index in [1.54, 1.807) is 0 Å². The number of hydrogen-bond acceptors (Lipinski definition) is 2. The van der Waals surface area contributed by atoms with Crippen molar-refractivity contribution in [2.24, 2.45) is 5.92 Å². The van der Waals surface area contributed by atoms with Crippen LogP contribution in [0.1, 0.15) is 12.8 Å². The Morgan fingerprint density at radius 3 is 2.88 bits per heavy atom. The molecule has 0 radical (unpaired) electrons. The molecule has 0 spiro atoms. The third-order valence-electron chi connectivity index (χ3n) is 1.33. The summed E-state index contributed by atoms with van der Waals surface area (Å²) >= 11 is 0. The summed E-state index contributed by atoms with van der Waals surface area (Å²) in [5.41, 5.74) is 0. The average molecular weight is 110 g/mol. The van der Waals surface area contributed by atoms with E-state index in [1.165, 1.54) is 12.8 Å². The van der Waals surface area contributed by atoms with Gasteiger partial charge in [0.25, 0.3) is 0 Å². The first-order valence-electron chi connectivity index (χ1n) is 3.01. The van der Waals surface area contributed by atoms with E-state index in [0.717, 1.165) is 12.5 Å². The molecule has 0 bridgehead atoms. The molecule has 0 aliphatic heterocycles. The van der Waals surface area contributed by atoms with Gasteiger partial charge in [-0.1, -0.05) is 0 Å². The highest BCUT2D eigenvalue weighted by Gasteiger charge is 2.19. The molecule has 0 amide bonds. The van der Waals surface area contributed by atoms with E-state index in [0.29, 0.717) is 6.54 Å². The van der Waals surface area contributed by atoms with E-state index in [4.69, 9.17) is 5.26 Å². The summed E-state index contributed by atoms with van der Waals surface area (Å²) in [5, 5.41) is 11.1. The standard InChI is InChI=1S/C6H10N2/c7-3-4-8-5-6-1-2-6/h6,8H,1-2,4-5H2. The molecule has 0 aromatic heterocycles. The van der Waals surface area contributed by atoms with Crippen LogP contribution in [0.25, 0.3) is 0 Å². The van der Waals surface area contributed by atoms with E-state index in [1.807, 2.05) is 6.07 Å². The van der Waals surface area contributed by atoms with Crippen molar-refractivity contribution in [1.29, 1.82) is 5.26 Å². The maximum atomic E-state index is 8.09. The average Bonchev–Trinajstić information content (AvgIpc) is 2.51. The lowest BCUT2D eigenvalue weighted by atomic mass is 10.4. The van der Waals surface area contributed by atoms with Crippen LogP contribution in [-0.2, 0) is 0 Å². The van der Waals surface area contributed by atoms with Gasteiger partial charge in [0.1, 0.15) is 0 Å². The Hall–Kier alpha value is -0.550. The molecule has 1 N–H and O–H groups in total. The highest BCUT2D eigenvalue weighted by atomic mass is 14.9. The lowest BCUT2D eigenvalue weighted by Gasteiger charge is -1.92. The van der Waals surface area contributed by atoms with Crippen molar-refractivity contribution in [3.8, 4) is 6.07 Å². The second-order valence-corrected chi connectivity index (χ2v) is 2.23. The fourth-order valence-corrected chi connectivity index (χ4v) is 0.654. The fraction of sp³-hybridized carbons (Fsp3) is 0.833. The van der Waals surface area contributed by atoms with Gasteiger partial charge in [-0.25, -0.2) is 0 Å². The molecule has 8 heavy (non-hydrogen) atoms. The van der Waals surface area contributed by atoms with Crippen LogP contribution >= 0.6 is 0 Å². The van der Waals surface area contributed by atoms with Gasteiger partial charge in [-0.05, 0) is 25.3 Å². The molecule has 1 rings (SSSR count). The first-order valence-corrected chi connectivity index (χ1v) is 3.01. The van der Waals surface area contributed by atoms with Crippen molar-refractivity contribution in [1.82, 2.24) is 5.32 Å². The van der Waals surface area contributed by atoms with Gasteiger partial charge < -0.3 is 5.32 Å². The molecule has 0 saturated heterocycles. The second kappa shape index (κ2) is 2.68. The largest absolute Gasteiger partial charge is 0.304 e. The zero-order valence-electron chi connectivity index (χ0n) is 4.85. The van der Waals surface area contributed by atoms with Crippen molar-refractivity contribution >= 4 is 0 Å². The normalized spacial score (nSPS) is 17.9. The first-order chi connectivity index (χ1) is 3.93. The summed E-state index contributed by atoms with van der Waals surface area (Å²) in [4.78, 5) is 0. The molecule has 1 aliphatic carbocycles. The minimum atomic E-state index is 0.510. The molecule has 0 aromatic rings. The lowest BCUT2D eigenvalue weighted by molar-refractivity contribution is 0.686. The molecule has 2 heteroatoms. The van der Waals surface area contributed by atoms with Crippen LogP contribution in [0.2, 0.25) is 0 Å². The van der Waals surface area contributed by atoms with Gasteiger partial charge in [-0.3, -0.25) is 0 Å². The van der Waals surface area contributed by atoms with Gasteiger partial charge in [0, 0.05) is 0 Å². The molecule has 1 fully saturated rings. The van der Waals surface area contributed by atoms with Crippen molar-refractivity contribution in [3.05, 3.63) is 0 Å². The van der Waals surface area contributed by atoms with Crippen molar-refractivity contribution in [3.63, 3.8) is 0 Å². The number of nitriles is 1. The van der Waals surface area contributed by atoms with E-state index in [2.05, 4.69) is 5.32 Å². The third-order valence-corrected chi connectivity index (χ3v) is 1.33. The SMILES string of the molecule is N#CCNCC1CC1. The van der Waals surface area contributed by atoms with Crippen LogP contribution in [0, 0.1) is 17.2 Å². The summed E-state index contributed by atoms with van der Waals surface area (Å²) in [6, 6.07) is 2.04. The predicted octanol–water partition coefficient (Wildman–Crippen LogP) is 0.510. The van der Waals surface area contributed by atoms with Gasteiger partial charge in [-0.2, -0.15) is 5.26 Å². The first kappa shape index (κ1) is 5.58. The summed E-state index contributed by atoms with van der Waals surface area (Å²) in [5.74, 6) is 0.892. The van der Waals surface area contributed by atoms with Gasteiger partial charge in [0.15, 0.2) is 0 Å². The van der Waals surface area contributed by atoms with Crippen molar-refractivity contribution in [2.75, 3.05) is 13.1 Å². The Morgan fingerprint density at radius 1 is 1.62 bits per heavy atom. The minimum absolute atomic E-state index is 0.510. The van der Waals surface area contributed by atoms with E-state index < -0.39 is 0 Å². The predicted molar refractivity (Wildman–Crippen MR) is 31.2 cm³/mol. The second-order valence-electron chi connectivity index (χ2n) is 2.23. The lowest BCUT2D eigenvalue weighted by Crippen LogP contribution is -2.16. The fourth-order valence-electron chi connectivity index (χ4n) is 0.654. The molecule has 0 atom stereocenters. The van der Waals surface area contributed by atoms with Gasteiger partial charge in [-0.15, -0.1) is 0 Å². The van der Waals surface area contributed by atoms with Crippen LogP contribution in [0.4, 0.5) is 0 Å². The maximum Gasteiger partial charge on any atom is 0.0841 e. The Bertz CT molecular complexity index is 99.6. The molecular formula is C6H10N2. The third kappa shape index (κ3) is 1.94. The zero-order valence-corrected chi connectivity index (χ0v) is 4.85. The van der Waals surface area contributed by atoms with Gasteiger partial charge in [0.05, 0.1) is 12.6 Å². The van der Waals surface area contributed by atoms with Crippen molar-refractivity contribution < 1.29 is 0 Å². The van der Waals surface area contributed by atoms with Crippen LogP contribution < -0.4 is 5.32 Å². The molecule has 0 heterocycles. The highest BCUT2D eigenvalue weighted by Crippen LogP contribution is 2.27. The molecule has 1 aliphatic rings. The van der Waals surface area contributed by atoms with E-state index in [-0.39, 0.29) is 0 Å². The number of rotatable bonds is 3. The van der Waals surface area contributed by atoms with Gasteiger partial charge >= 0.3 is 0 Å². The summed E-state index contributed by atoms with van der Waals surface area (Å²) in [6.45, 7) is 1.56. The number of hydrogen-bond donors (Lipinski definition) is 1. The molecule has 1 saturated carbocycles. The minimum Gasteiger partial charge on any atom is -0.304 e. The number of nitrogens with zero attached hydrogens (tertiary/aromatic N) is 1. The monoisotopic (exact) mass is 110 g/mol. The van der Waals surface area contributed by atoms with Crippen LogP contribution in [0.15, 0.2) is 0 Å². The van der Waals surface area contributed by atoms with Crippen LogP contribution in [0.5, 0.6) is 0 Å². The Balaban J connectivity index is 1.83. The quantitative estimate of drug-likeness (QED) is 0.424. The highest BCUT2D eigenvalue weighted by molar-refractivity contribution is 4.79. The summed E-state index contributed by atoms with van der Waals surface area (Å²) < 4.78 is 0. The topological polar surface area (TPSA) is 35.8 Å². The Kier molecular flexibility index (Phi) is 1.87. The smallest absolute Gasteiger partial charge is 0.0841 e. The molecule has 2 nitrogen and oxygen atoms in total. The number of nitrogens with one attached hydrogen (secondary N) is 1. The summed E-state index contributed by atoms with van der Waals surface area (Å²) in [6.07, 6.45) is 2.72. The molecular weight excluding hydrogens is 100 g/mol. The molecule has 0 aromatic carbocycles. The maximum absolute atomic E-state index is 8.09. The van der Waals surface area contributed by atoms with E-state index in [9.17, 15) is 0 Å². The molecule has 44 valence electrons. The zero-order chi connectivity index (χ0) is 5.82. The van der Waals surface area contributed by atoms with Gasteiger partial charge in [0.2, 0.25) is 0 Å². The Labute approximate surface area is 49.5 Å². The molecule has 0 unspecified atom stereocenters. The summed E-state index contributed by atoms with van der Waals surface area (Å²) in [7, 11) is 0.